The molecular formula is C39H79N3O10. The second-order valence-corrected chi connectivity index (χ2v) is 15.5. The predicted octanol–water partition coefficient (Wildman–Crippen LogP) is 6.80. The van der Waals surface area contributed by atoms with Crippen LogP contribution >= 0.6 is 0 Å². The number of methoxy groups -OCH3 is 1. The Bertz CT molecular complexity index is 970. The van der Waals surface area contributed by atoms with Gasteiger partial charge in [-0.3, -0.25) is 0 Å². The number of ether oxygens (including phenoxy) is 4. The molecule has 13 nitrogen and oxygen atoms in total. The molecular weight excluding hydrogens is 670 g/mol. The van der Waals surface area contributed by atoms with Gasteiger partial charge in [0.05, 0.1) is 41.8 Å². The largest absolute Gasteiger partial charge is 0.411 e. The molecule has 1 rings (SSSR count). The van der Waals surface area contributed by atoms with Crippen molar-refractivity contribution in [2.75, 3.05) is 21.2 Å². The zero-order chi connectivity index (χ0) is 41.0. The minimum Gasteiger partial charge on any atom is -0.411 e. The minimum absolute atomic E-state index is 0.186. The molecule has 0 radical (unpaired) electrons. The number of aliphatic hydroxyl groups is 3. The van der Waals surface area contributed by atoms with Gasteiger partial charge in [0.15, 0.2) is 12.6 Å². The second kappa shape index (κ2) is 26.3. The molecule has 0 aromatic rings. The summed E-state index contributed by atoms with van der Waals surface area (Å²) in [6, 6.07) is 0.466. The van der Waals surface area contributed by atoms with Crippen LogP contribution in [-0.4, -0.2) is 119 Å². The van der Waals surface area contributed by atoms with Gasteiger partial charge in [-0.15, -0.1) is 0 Å². The summed E-state index contributed by atoms with van der Waals surface area (Å²) in [7, 11) is 5.63. The van der Waals surface area contributed by atoms with E-state index >= 15 is 0 Å². The molecule has 0 aromatic heterocycles. The molecule has 310 valence electrons. The third-order valence-electron chi connectivity index (χ3n) is 10.1. The van der Waals surface area contributed by atoms with Crippen LogP contribution in [0.15, 0.2) is 10.3 Å². The second-order valence-electron chi connectivity index (χ2n) is 15.5. The van der Waals surface area contributed by atoms with Crippen molar-refractivity contribution in [2.24, 2.45) is 34.0 Å². The minimum atomic E-state index is -1.17. The van der Waals surface area contributed by atoms with Gasteiger partial charge in [0.2, 0.25) is 0 Å². The summed E-state index contributed by atoms with van der Waals surface area (Å²) in [6.45, 7) is 24.2. The van der Waals surface area contributed by atoms with Gasteiger partial charge in [-0.1, -0.05) is 65.7 Å². The summed E-state index contributed by atoms with van der Waals surface area (Å²) in [5.41, 5.74) is -1.68. The van der Waals surface area contributed by atoms with Crippen molar-refractivity contribution in [3.8, 4) is 0 Å². The van der Waals surface area contributed by atoms with Crippen LogP contribution < -0.4 is 0 Å². The van der Waals surface area contributed by atoms with E-state index in [-0.39, 0.29) is 30.0 Å². The standard InChI is InChI=1S/C29H56N2O8.C8H17NO2.C2H6/c1-12-24(37-11)29(10,31-36)16-19(4)26(30-35)18(3)14-28(9,34)15-20(5)27(21(6)17-32)39-25(13-2)38-23(8)22(7)33;1-6-4-7(9(2)3)5-8(10)11-6;1-2/h17-25,27,33-35H,12-16H2,1-11H3;6-8,10H,4-5H2,1-3H3;1-2H3/b30-26+;;/t18?,19-,20?,21?,22-,23?,24?,25+,27?,28+,29+;;/m1../s1. The summed E-state index contributed by atoms with van der Waals surface area (Å²) in [5.74, 6) is -1.24. The van der Waals surface area contributed by atoms with Gasteiger partial charge in [0.1, 0.15) is 11.8 Å². The van der Waals surface area contributed by atoms with E-state index in [4.69, 9.17) is 18.9 Å². The molecule has 52 heavy (non-hydrogen) atoms. The maximum Gasteiger partial charge on any atom is 0.158 e. The van der Waals surface area contributed by atoms with E-state index < -0.39 is 47.9 Å². The van der Waals surface area contributed by atoms with Crippen LogP contribution in [0.5, 0.6) is 0 Å². The summed E-state index contributed by atoms with van der Waals surface area (Å²) in [6.07, 6.45) is 1.71. The quantitative estimate of drug-likeness (QED) is 0.0228. The molecule has 1 heterocycles. The lowest BCUT2D eigenvalue weighted by Crippen LogP contribution is -2.43. The first-order valence-electron chi connectivity index (χ1n) is 19.4. The molecule has 1 aliphatic heterocycles. The zero-order valence-corrected chi connectivity index (χ0v) is 35.5. The summed E-state index contributed by atoms with van der Waals surface area (Å²) < 4.78 is 22.7. The van der Waals surface area contributed by atoms with Crippen LogP contribution in [0.4, 0.5) is 0 Å². The lowest BCUT2D eigenvalue weighted by Gasteiger charge is -2.37. The van der Waals surface area contributed by atoms with Gasteiger partial charge in [0.25, 0.3) is 0 Å². The number of aldehydes is 1. The van der Waals surface area contributed by atoms with Gasteiger partial charge < -0.3 is 49.2 Å². The highest BCUT2D eigenvalue weighted by Gasteiger charge is 2.40. The Balaban J connectivity index is 0. The molecule has 9 unspecified atom stereocenters. The first-order valence-corrected chi connectivity index (χ1v) is 19.4. The van der Waals surface area contributed by atoms with E-state index in [0.29, 0.717) is 43.9 Å². The molecule has 0 aliphatic carbocycles. The molecule has 0 spiro atoms. The molecule has 1 aliphatic rings. The maximum atomic E-state index is 11.8. The molecule has 13 heteroatoms. The highest BCUT2D eigenvalue weighted by molar-refractivity contribution is 5.88. The van der Waals surface area contributed by atoms with Crippen molar-refractivity contribution < 1.29 is 44.3 Å². The molecule has 1 saturated heterocycles. The van der Waals surface area contributed by atoms with E-state index in [0.717, 1.165) is 19.1 Å². The molecule has 0 amide bonds. The van der Waals surface area contributed by atoms with Gasteiger partial charge in [0, 0.05) is 37.3 Å². The van der Waals surface area contributed by atoms with E-state index in [9.17, 15) is 30.2 Å². The smallest absolute Gasteiger partial charge is 0.158 e. The highest BCUT2D eigenvalue weighted by Crippen LogP contribution is 2.34. The van der Waals surface area contributed by atoms with Crippen molar-refractivity contribution in [3.05, 3.63) is 4.91 Å². The Morgan fingerprint density at radius 2 is 1.54 bits per heavy atom. The fourth-order valence-corrected chi connectivity index (χ4v) is 7.27. The van der Waals surface area contributed by atoms with Crippen molar-refractivity contribution >= 4 is 12.0 Å². The third-order valence-corrected chi connectivity index (χ3v) is 10.1. The normalized spacial score (nSPS) is 25.5. The number of nitrogens with zero attached hydrogens (tertiary/aromatic N) is 3. The topological polar surface area (TPSA) is 180 Å². The SMILES string of the molecule is CC.CC1CC(N(C)C)CC(O)O1.CCC(OC)[C@](C)(C[C@@H](C)/C(=N/O)C(C)C[C@](C)(O)CC(C)C(O[C@@H](CC)OC(C)[C@@H](C)O)C(C)C=O)N=O. The molecule has 4 N–H and O–H groups in total. The molecule has 0 bridgehead atoms. The first-order chi connectivity index (χ1) is 24.1. The Kier molecular flexibility index (Phi) is 26.5. The monoisotopic (exact) mass is 750 g/mol. The number of nitroso groups, excluding NO2 is 1. The van der Waals surface area contributed by atoms with Crippen LogP contribution in [0.3, 0.4) is 0 Å². The summed E-state index contributed by atoms with van der Waals surface area (Å²) in [5, 5.41) is 47.3. The van der Waals surface area contributed by atoms with E-state index in [1.807, 2.05) is 69.5 Å². The van der Waals surface area contributed by atoms with Gasteiger partial charge in [-0.05, 0) is 93.2 Å². The lowest BCUT2D eigenvalue weighted by atomic mass is 9.76. The number of hydrogen-bond acceptors (Lipinski definition) is 13. The van der Waals surface area contributed by atoms with Crippen molar-refractivity contribution in [3.63, 3.8) is 0 Å². The Labute approximate surface area is 316 Å². The highest BCUT2D eigenvalue weighted by atomic mass is 16.7. The van der Waals surface area contributed by atoms with Gasteiger partial charge in [-0.2, -0.15) is 4.91 Å². The van der Waals surface area contributed by atoms with Crippen molar-refractivity contribution in [1.82, 2.24) is 4.90 Å². The number of carbonyl (C=O) groups excluding carboxylic acids is 1. The summed E-state index contributed by atoms with van der Waals surface area (Å²) >= 11 is 0. The van der Waals surface area contributed by atoms with Gasteiger partial charge >= 0.3 is 0 Å². The third kappa shape index (κ3) is 18.6. The molecule has 14 atom stereocenters. The fourth-order valence-electron chi connectivity index (χ4n) is 7.27. The maximum absolute atomic E-state index is 11.8. The van der Waals surface area contributed by atoms with Crippen LogP contribution in [0.25, 0.3) is 0 Å². The number of oxime groups is 1. The van der Waals surface area contributed by atoms with E-state index in [2.05, 4.69) is 15.2 Å². The number of rotatable bonds is 22. The molecule has 0 saturated carbocycles. The van der Waals surface area contributed by atoms with Crippen LogP contribution in [0, 0.1) is 28.6 Å². The van der Waals surface area contributed by atoms with Crippen LogP contribution in [-0.2, 0) is 23.7 Å². The Morgan fingerprint density at radius 3 is 1.94 bits per heavy atom. The van der Waals surface area contributed by atoms with Crippen LogP contribution in [0.2, 0.25) is 0 Å². The number of carbonyl (C=O) groups is 1. The first kappa shape index (κ1) is 52.5. The lowest BCUT2D eigenvalue weighted by molar-refractivity contribution is -0.223. The van der Waals surface area contributed by atoms with Gasteiger partial charge in [-0.25, -0.2) is 0 Å². The zero-order valence-electron chi connectivity index (χ0n) is 35.5. The number of aliphatic hydroxyl groups excluding tert-OH is 2. The average Bonchev–Trinajstić information content (AvgIpc) is 3.06. The predicted molar refractivity (Wildman–Crippen MR) is 207 cm³/mol. The average molecular weight is 750 g/mol. The van der Waals surface area contributed by atoms with Crippen LogP contribution in [0.1, 0.15) is 135 Å². The Hall–Kier alpha value is -1.58. The number of hydrogen-bond donors (Lipinski definition) is 4. The van der Waals surface area contributed by atoms with E-state index in [1.54, 1.807) is 41.7 Å². The fraction of sp³-hybridized carbons (Fsp3) is 0.949. The summed E-state index contributed by atoms with van der Waals surface area (Å²) in [4.78, 5) is 25.6. The van der Waals surface area contributed by atoms with Crippen molar-refractivity contribution in [1.29, 1.82) is 0 Å². The Morgan fingerprint density at radius 1 is 0.981 bits per heavy atom. The van der Waals surface area contributed by atoms with E-state index in [1.165, 1.54) is 0 Å². The van der Waals surface area contributed by atoms with Crippen molar-refractivity contribution in [2.45, 2.75) is 195 Å². The molecule has 0 aromatic carbocycles. The molecule has 1 fully saturated rings.